The molecule has 60 valence electrons. The van der Waals surface area contributed by atoms with E-state index in [1.807, 2.05) is 0 Å². The number of nitrogens with one attached hydrogen (secondary N) is 1. The number of hydrogen-bond donors (Lipinski definition) is 2. The number of thiocarbonyl (C=S) groups is 1. The third-order valence-electron chi connectivity index (χ3n) is 1.11. The minimum Gasteiger partial charge on any atom is -0.376 e. The Labute approximate surface area is 69.6 Å². The fraction of sp³-hybridized carbons (Fsp3) is 0.400. The summed E-state index contributed by atoms with van der Waals surface area (Å²) in [6.07, 6.45) is 3.13. The molecule has 0 bridgehead atoms. The zero-order valence-electron chi connectivity index (χ0n) is 5.90. The first-order chi connectivity index (χ1) is 5.29. The van der Waals surface area contributed by atoms with Gasteiger partial charge in [-0.3, -0.25) is 4.68 Å². The first-order valence-electron chi connectivity index (χ1n) is 3.15. The van der Waals surface area contributed by atoms with Crippen LogP contribution >= 0.6 is 12.2 Å². The van der Waals surface area contributed by atoms with Crippen molar-refractivity contribution in [3.63, 3.8) is 0 Å². The molecule has 3 N–H and O–H groups in total. The maximum atomic E-state index is 5.21. The van der Waals surface area contributed by atoms with Crippen LogP contribution in [0.5, 0.6) is 0 Å². The van der Waals surface area contributed by atoms with Crippen molar-refractivity contribution in [3.05, 3.63) is 12.7 Å². The highest BCUT2D eigenvalue weighted by Gasteiger charge is 1.90. The zero-order chi connectivity index (χ0) is 8.10. The number of rotatable bonds is 3. The van der Waals surface area contributed by atoms with Gasteiger partial charge in [0.1, 0.15) is 12.7 Å². The molecule has 0 aliphatic carbocycles. The monoisotopic (exact) mass is 171 g/mol. The normalized spacial score (nSPS) is 9.45. The van der Waals surface area contributed by atoms with Crippen molar-refractivity contribution in [2.75, 3.05) is 6.54 Å². The van der Waals surface area contributed by atoms with E-state index in [0.29, 0.717) is 11.7 Å². The molecule has 1 rings (SSSR count). The maximum Gasteiger partial charge on any atom is 0.163 e. The van der Waals surface area contributed by atoms with E-state index in [9.17, 15) is 0 Å². The smallest absolute Gasteiger partial charge is 0.163 e. The third kappa shape index (κ3) is 2.94. The molecule has 1 heterocycles. The molecule has 5 nitrogen and oxygen atoms in total. The number of nitrogens with two attached hydrogens (primary N) is 1. The van der Waals surface area contributed by atoms with Gasteiger partial charge in [-0.2, -0.15) is 5.10 Å². The molecule has 0 aliphatic heterocycles. The fourth-order valence-electron chi connectivity index (χ4n) is 0.642. The average molecular weight is 171 g/mol. The Kier molecular flexibility index (Phi) is 2.79. The average Bonchev–Trinajstić information content (AvgIpc) is 2.39. The lowest BCUT2D eigenvalue weighted by Gasteiger charge is -2.01. The molecule has 11 heavy (non-hydrogen) atoms. The van der Waals surface area contributed by atoms with Crippen molar-refractivity contribution >= 4 is 17.3 Å². The lowest BCUT2D eigenvalue weighted by atomic mass is 10.6. The summed E-state index contributed by atoms with van der Waals surface area (Å²) in [6, 6.07) is 0. The van der Waals surface area contributed by atoms with E-state index >= 15 is 0 Å². The van der Waals surface area contributed by atoms with Gasteiger partial charge < -0.3 is 11.1 Å². The highest BCUT2D eigenvalue weighted by Crippen LogP contribution is 1.77. The molecule has 1 aromatic heterocycles. The summed E-state index contributed by atoms with van der Waals surface area (Å²) in [5, 5.41) is 7.01. The molecule has 0 fully saturated rings. The van der Waals surface area contributed by atoms with Crippen molar-refractivity contribution in [2.45, 2.75) is 6.54 Å². The van der Waals surface area contributed by atoms with Gasteiger partial charge in [0, 0.05) is 6.54 Å². The van der Waals surface area contributed by atoms with Crippen molar-refractivity contribution in [1.82, 2.24) is 20.1 Å². The van der Waals surface area contributed by atoms with Gasteiger partial charge in [-0.15, -0.1) is 0 Å². The van der Waals surface area contributed by atoms with Crippen LogP contribution in [0.2, 0.25) is 0 Å². The molecule has 1 aromatic rings. The Hall–Kier alpha value is -1.17. The Morgan fingerprint density at radius 3 is 3.09 bits per heavy atom. The molecule has 0 spiro atoms. The van der Waals surface area contributed by atoms with Crippen LogP contribution in [0.25, 0.3) is 0 Å². The van der Waals surface area contributed by atoms with Crippen molar-refractivity contribution in [1.29, 1.82) is 0 Å². The van der Waals surface area contributed by atoms with Crippen molar-refractivity contribution in [2.24, 2.45) is 5.73 Å². The summed E-state index contributed by atoms with van der Waals surface area (Å²) in [4.78, 5) is 3.78. The SMILES string of the molecule is NC(=S)NCCn1cncn1. The van der Waals surface area contributed by atoms with Crippen LogP contribution in [-0.4, -0.2) is 26.4 Å². The largest absolute Gasteiger partial charge is 0.376 e. The molecular formula is C5H9N5S. The van der Waals surface area contributed by atoms with E-state index in [2.05, 4.69) is 27.6 Å². The van der Waals surface area contributed by atoms with Gasteiger partial charge in [-0.1, -0.05) is 0 Å². The standard InChI is InChI=1S/C5H9N5S/c6-5(11)8-1-2-10-4-7-3-9-10/h3-4H,1-2H2,(H3,6,8,11). The number of hydrogen-bond acceptors (Lipinski definition) is 3. The maximum absolute atomic E-state index is 5.21. The molecule has 6 heteroatoms. The third-order valence-corrected chi connectivity index (χ3v) is 1.25. The highest BCUT2D eigenvalue weighted by atomic mass is 32.1. The second-order valence-electron chi connectivity index (χ2n) is 1.95. The number of aromatic nitrogens is 3. The summed E-state index contributed by atoms with van der Waals surface area (Å²) in [5.74, 6) is 0. The summed E-state index contributed by atoms with van der Waals surface area (Å²) in [7, 11) is 0. The predicted molar refractivity (Wildman–Crippen MR) is 44.8 cm³/mol. The summed E-state index contributed by atoms with van der Waals surface area (Å²) < 4.78 is 1.70. The van der Waals surface area contributed by atoms with Gasteiger partial charge in [0.25, 0.3) is 0 Å². The van der Waals surface area contributed by atoms with E-state index in [4.69, 9.17) is 5.73 Å². The summed E-state index contributed by atoms with van der Waals surface area (Å²) in [5.41, 5.74) is 5.21. The van der Waals surface area contributed by atoms with E-state index in [1.54, 1.807) is 11.0 Å². The first kappa shape index (κ1) is 7.93. The molecule has 0 aliphatic rings. The Morgan fingerprint density at radius 2 is 2.55 bits per heavy atom. The Bertz CT molecular complexity index is 219. The zero-order valence-corrected chi connectivity index (χ0v) is 6.71. The number of nitrogens with zero attached hydrogens (tertiary/aromatic N) is 3. The van der Waals surface area contributed by atoms with Gasteiger partial charge in [0.15, 0.2) is 5.11 Å². The minimum absolute atomic E-state index is 0.310. The molecule has 0 saturated carbocycles. The summed E-state index contributed by atoms with van der Waals surface area (Å²) >= 11 is 4.61. The van der Waals surface area contributed by atoms with Gasteiger partial charge in [-0.05, 0) is 12.2 Å². The lowest BCUT2D eigenvalue weighted by Crippen LogP contribution is -2.31. The second-order valence-corrected chi connectivity index (χ2v) is 2.39. The molecule has 0 saturated heterocycles. The molecule has 0 radical (unpaired) electrons. The van der Waals surface area contributed by atoms with E-state index in [1.165, 1.54) is 6.33 Å². The van der Waals surface area contributed by atoms with Gasteiger partial charge >= 0.3 is 0 Å². The van der Waals surface area contributed by atoms with Crippen LogP contribution in [0.15, 0.2) is 12.7 Å². The van der Waals surface area contributed by atoms with E-state index < -0.39 is 0 Å². The Balaban J connectivity index is 2.19. The quantitative estimate of drug-likeness (QED) is 0.577. The van der Waals surface area contributed by atoms with Gasteiger partial charge in [0.2, 0.25) is 0 Å². The lowest BCUT2D eigenvalue weighted by molar-refractivity contribution is 0.602. The predicted octanol–water partition coefficient (Wildman–Crippen LogP) is -0.889. The molecule has 0 aromatic carbocycles. The van der Waals surface area contributed by atoms with Crippen LogP contribution in [-0.2, 0) is 6.54 Å². The molecule has 0 amide bonds. The topological polar surface area (TPSA) is 68.8 Å². The van der Waals surface area contributed by atoms with Crippen LogP contribution in [0.4, 0.5) is 0 Å². The minimum atomic E-state index is 0.310. The van der Waals surface area contributed by atoms with Gasteiger partial charge in [0.05, 0.1) is 6.54 Å². The second kappa shape index (κ2) is 3.87. The van der Waals surface area contributed by atoms with Gasteiger partial charge in [-0.25, -0.2) is 4.98 Å². The van der Waals surface area contributed by atoms with Crippen LogP contribution in [0, 0.1) is 0 Å². The fourth-order valence-corrected chi connectivity index (χ4v) is 0.744. The molecule has 0 unspecified atom stereocenters. The van der Waals surface area contributed by atoms with Crippen molar-refractivity contribution < 1.29 is 0 Å². The highest BCUT2D eigenvalue weighted by molar-refractivity contribution is 7.80. The van der Waals surface area contributed by atoms with E-state index in [0.717, 1.165) is 6.54 Å². The van der Waals surface area contributed by atoms with Crippen molar-refractivity contribution in [3.8, 4) is 0 Å². The molecular weight excluding hydrogens is 162 g/mol. The first-order valence-corrected chi connectivity index (χ1v) is 3.55. The molecule has 0 atom stereocenters. The summed E-state index contributed by atoms with van der Waals surface area (Å²) in [6.45, 7) is 1.40. The van der Waals surface area contributed by atoms with E-state index in [-0.39, 0.29) is 0 Å². The van der Waals surface area contributed by atoms with Crippen LogP contribution < -0.4 is 11.1 Å². The Morgan fingerprint density at radius 1 is 1.73 bits per heavy atom. The van der Waals surface area contributed by atoms with Crippen LogP contribution in [0.1, 0.15) is 0 Å². The van der Waals surface area contributed by atoms with Crippen LogP contribution in [0.3, 0.4) is 0 Å².